The van der Waals surface area contributed by atoms with E-state index in [0.29, 0.717) is 0 Å². The Morgan fingerprint density at radius 2 is 1.65 bits per heavy atom. The lowest BCUT2D eigenvalue weighted by atomic mass is 9.95. The average Bonchev–Trinajstić information content (AvgIpc) is 3.09. The zero-order chi connectivity index (χ0) is 16.4. The maximum atomic E-state index is 12.2. The van der Waals surface area contributed by atoms with Crippen LogP contribution in [0, 0.1) is 0 Å². The first kappa shape index (κ1) is 15.2. The molecular formula is C18H14O4S. The summed E-state index contributed by atoms with van der Waals surface area (Å²) in [5, 5.41) is 2.80. The largest absolute Gasteiger partial charge is 0.465 e. The van der Waals surface area contributed by atoms with Crippen molar-refractivity contribution >= 4 is 33.4 Å². The maximum Gasteiger partial charge on any atom is 0.340 e. The first-order valence-electron chi connectivity index (χ1n) is 6.93. The van der Waals surface area contributed by atoms with E-state index in [4.69, 9.17) is 9.47 Å². The second kappa shape index (κ2) is 6.22. The molecule has 116 valence electrons. The first-order chi connectivity index (χ1) is 11.2. The number of ether oxygens (including phenoxy) is 2. The van der Waals surface area contributed by atoms with Crippen LogP contribution in [0.3, 0.4) is 0 Å². The highest BCUT2D eigenvalue weighted by Crippen LogP contribution is 2.37. The number of hydrogen-bond acceptors (Lipinski definition) is 5. The van der Waals surface area contributed by atoms with Crippen LogP contribution < -0.4 is 0 Å². The van der Waals surface area contributed by atoms with E-state index >= 15 is 0 Å². The van der Waals surface area contributed by atoms with Crippen LogP contribution in [0.25, 0.3) is 21.2 Å². The summed E-state index contributed by atoms with van der Waals surface area (Å²) >= 11 is 1.40. The molecular weight excluding hydrogens is 312 g/mol. The molecule has 0 aliphatic rings. The summed E-state index contributed by atoms with van der Waals surface area (Å²) in [6.45, 7) is 0. The third-order valence-electron chi connectivity index (χ3n) is 3.62. The van der Waals surface area contributed by atoms with Gasteiger partial charge in [0, 0.05) is 5.39 Å². The fraction of sp³-hybridized carbons (Fsp3) is 0.111. The van der Waals surface area contributed by atoms with Crippen LogP contribution in [-0.4, -0.2) is 26.2 Å². The molecule has 3 aromatic rings. The van der Waals surface area contributed by atoms with Gasteiger partial charge in [-0.25, -0.2) is 9.59 Å². The Balaban J connectivity index is 2.38. The van der Waals surface area contributed by atoms with Crippen molar-refractivity contribution in [3.63, 3.8) is 0 Å². The molecule has 4 nitrogen and oxygen atoms in total. The molecule has 0 spiro atoms. The van der Waals surface area contributed by atoms with Crippen LogP contribution in [0.1, 0.15) is 20.7 Å². The van der Waals surface area contributed by atoms with Crippen molar-refractivity contribution in [2.24, 2.45) is 0 Å². The van der Waals surface area contributed by atoms with Gasteiger partial charge < -0.3 is 9.47 Å². The second-order valence-electron chi connectivity index (χ2n) is 4.86. The van der Waals surface area contributed by atoms with Crippen molar-refractivity contribution in [2.45, 2.75) is 0 Å². The lowest BCUT2D eigenvalue weighted by Crippen LogP contribution is -2.12. The van der Waals surface area contributed by atoms with Crippen LogP contribution in [0.5, 0.6) is 0 Å². The van der Waals surface area contributed by atoms with E-state index in [1.165, 1.54) is 25.6 Å². The van der Waals surface area contributed by atoms with Crippen molar-refractivity contribution in [1.29, 1.82) is 0 Å². The molecule has 0 fully saturated rings. The highest BCUT2D eigenvalue weighted by Gasteiger charge is 2.24. The van der Waals surface area contributed by atoms with Gasteiger partial charge in [0.1, 0.15) is 0 Å². The van der Waals surface area contributed by atoms with E-state index in [1.807, 2.05) is 41.8 Å². The van der Waals surface area contributed by atoms with Gasteiger partial charge >= 0.3 is 11.9 Å². The molecule has 3 rings (SSSR count). The Morgan fingerprint density at radius 3 is 2.30 bits per heavy atom. The summed E-state index contributed by atoms with van der Waals surface area (Å²) in [7, 11) is 2.60. The molecule has 2 aromatic carbocycles. The van der Waals surface area contributed by atoms with Crippen molar-refractivity contribution in [1.82, 2.24) is 0 Å². The van der Waals surface area contributed by atoms with Gasteiger partial charge in [0.25, 0.3) is 0 Å². The highest BCUT2D eigenvalue weighted by molar-refractivity contribution is 7.17. The predicted molar refractivity (Wildman–Crippen MR) is 89.9 cm³/mol. The number of rotatable bonds is 3. The lowest BCUT2D eigenvalue weighted by Gasteiger charge is -2.12. The van der Waals surface area contributed by atoms with Crippen molar-refractivity contribution in [2.75, 3.05) is 14.2 Å². The monoisotopic (exact) mass is 326 g/mol. The average molecular weight is 326 g/mol. The van der Waals surface area contributed by atoms with E-state index in [1.54, 1.807) is 6.07 Å². The van der Waals surface area contributed by atoms with Crippen LogP contribution in [0.2, 0.25) is 0 Å². The minimum absolute atomic E-state index is 0.216. The Bertz CT molecular complexity index is 881. The van der Waals surface area contributed by atoms with Crippen LogP contribution in [0.15, 0.2) is 47.8 Å². The molecule has 1 aromatic heterocycles. The summed E-state index contributed by atoms with van der Waals surface area (Å²) in [5.74, 6) is -1.10. The van der Waals surface area contributed by atoms with E-state index in [2.05, 4.69) is 0 Å². The Kier molecular flexibility index (Phi) is 4.12. The molecule has 5 heteroatoms. The van der Waals surface area contributed by atoms with Crippen molar-refractivity contribution < 1.29 is 19.1 Å². The quantitative estimate of drug-likeness (QED) is 0.679. The summed E-state index contributed by atoms with van der Waals surface area (Å²) in [5.41, 5.74) is 2.32. The van der Waals surface area contributed by atoms with Crippen LogP contribution in [0.4, 0.5) is 0 Å². The van der Waals surface area contributed by atoms with Crippen LogP contribution >= 0.6 is 11.3 Å². The van der Waals surface area contributed by atoms with Gasteiger partial charge in [-0.1, -0.05) is 30.3 Å². The number of hydrogen-bond donors (Lipinski definition) is 0. The topological polar surface area (TPSA) is 52.6 Å². The van der Waals surface area contributed by atoms with E-state index in [0.717, 1.165) is 21.2 Å². The second-order valence-corrected chi connectivity index (χ2v) is 5.78. The van der Waals surface area contributed by atoms with Gasteiger partial charge in [0.05, 0.1) is 30.0 Å². The van der Waals surface area contributed by atoms with Gasteiger partial charge in [0.2, 0.25) is 0 Å². The number of carbonyl (C=O) groups excluding carboxylic acids is 2. The van der Waals surface area contributed by atoms with Crippen molar-refractivity contribution in [3.8, 4) is 11.1 Å². The molecule has 0 bridgehead atoms. The van der Waals surface area contributed by atoms with Crippen LogP contribution in [-0.2, 0) is 9.47 Å². The van der Waals surface area contributed by atoms with Gasteiger partial charge in [-0.05, 0) is 28.6 Å². The highest BCUT2D eigenvalue weighted by atomic mass is 32.1. The molecule has 1 heterocycles. The third-order valence-corrected chi connectivity index (χ3v) is 4.55. The zero-order valence-corrected chi connectivity index (χ0v) is 13.5. The summed E-state index contributed by atoms with van der Waals surface area (Å²) in [4.78, 5) is 24.4. The number of benzene rings is 2. The molecule has 0 amide bonds. The standard InChI is InChI=1S/C18H14O4S/c1-21-17(19)14-10-13(11-6-4-3-5-7-11)12-8-9-23-16(12)15(14)18(20)22-2/h3-10H,1-2H3. The smallest absolute Gasteiger partial charge is 0.340 e. The van der Waals surface area contributed by atoms with Gasteiger partial charge in [-0.3, -0.25) is 0 Å². The number of fused-ring (bicyclic) bond motifs is 1. The molecule has 0 saturated heterocycles. The number of carbonyl (C=O) groups is 2. The number of esters is 2. The zero-order valence-electron chi connectivity index (χ0n) is 12.7. The SMILES string of the molecule is COC(=O)c1cc(-c2ccccc2)c2ccsc2c1C(=O)OC. The number of methoxy groups -OCH3 is 2. The Hall–Kier alpha value is -2.66. The van der Waals surface area contributed by atoms with E-state index < -0.39 is 11.9 Å². The molecule has 0 unspecified atom stereocenters. The summed E-state index contributed by atoms with van der Waals surface area (Å²) in [6.07, 6.45) is 0. The fourth-order valence-corrected chi connectivity index (χ4v) is 3.52. The molecule has 0 atom stereocenters. The van der Waals surface area contributed by atoms with E-state index in [9.17, 15) is 9.59 Å². The number of thiophene rings is 1. The Labute approximate surface area is 137 Å². The molecule has 0 saturated carbocycles. The minimum Gasteiger partial charge on any atom is -0.465 e. The molecule has 0 aliphatic carbocycles. The first-order valence-corrected chi connectivity index (χ1v) is 7.81. The Morgan fingerprint density at radius 1 is 0.957 bits per heavy atom. The van der Waals surface area contributed by atoms with Gasteiger partial charge in [0.15, 0.2) is 0 Å². The molecule has 0 aliphatic heterocycles. The van der Waals surface area contributed by atoms with Gasteiger partial charge in [-0.2, -0.15) is 0 Å². The maximum absolute atomic E-state index is 12.2. The third kappa shape index (κ3) is 2.59. The fourth-order valence-electron chi connectivity index (χ4n) is 2.56. The van der Waals surface area contributed by atoms with Crippen molar-refractivity contribution in [3.05, 3.63) is 59.0 Å². The van der Waals surface area contributed by atoms with Gasteiger partial charge in [-0.15, -0.1) is 11.3 Å². The summed E-state index contributed by atoms with van der Waals surface area (Å²) < 4.78 is 10.4. The normalized spacial score (nSPS) is 10.5. The molecule has 23 heavy (non-hydrogen) atoms. The minimum atomic E-state index is -0.558. The lowest BCUT2D eigenvalue weighted by molar-refractivity contribution is 0.0557. The molecule has 0 radical (unpaired) electrons. The van der Waals surface area contributed by atoms with E-state index in [-0.39, 0.29) is 11.1 Å². The molecule has 0 N–H and O–H groups in total. The summed E-state index contributed by atoms with van der Waals surface area (Å²) in [6, 6.07) is 13.4. The predicted octanol–water partition coefficient (Wildman–Crippen LogP) is 4.14.